The lowest BCUT2D eigenvalue weighted by Gasteiger charge is -2.12. The second kappa shape index (κ2) is 3.34. The molecule has 70 valence electrons. The molecule has 0 aliphatic heterocycles. The van der Waals surface area contributed by atoms with Crippen LogP contribution in [0.2, 0.25) is 0 Å². The molecule has 1 N–H and O–H groups in total. The molecular weight excluding hydrogens is 166 g/mol. The number of pyridine rings is 1. The first-order chi connectivity index (χ1) is 6.33. The van der Waals surface area contributed by atoms with Crippen molar-refractivity contribution < 1.29 is 9.84 Å². The van der Waals surface area contributed by atoms with Gasteiger partial charge in [-0.2, -0.15) is 0 Å². The molecule has 2 rings (SSSR count). The van der Waals surface area contributed by atoms with Gasteiger partial charge in [0.05, 0.1) is 19.4 Å². The molecule has 0 radical (unpaired) electrons. The van der Waals surface area contributed by atoms with Gasteiger partial charge in [-0.15, -0.1) is 0 Å². The minimum Gasteiger partial charge on any atom is -0.495 e. The third-order valence-electron chi connectivity index (χ3n) is 2.42. The minimum absolute atomic E-state index is 0.377. The largest absolute Gasteiger partial charge is 0.495 e. The van der Waals surface area contributed by atoms with Crippen molar-refractivity contribution in [3.63, 3.8) is 0 Å². The van der Waals surface area contributed by atoms with Crippen LogP contribution in [0.15, 0.2) is 18.5 Å². The zero-order valence-electron chi connectivity index (χ0n) is 7.60. The third-order valence-corrected chi connectivity index (χ3v) is 2.42. The highest BCUT2D eigenvalue weighted by molar-refractivity contribution is 5.32. The number of aromatic nitrogens is 1. The van der Waals surface area contributed by atoms with Crippen molar-refractivity contribution in [2.75, 3.05) is 7.11 Å². The normalized spacial score (nSPS) is 18.3. The van der Waals surface area contributed by atoms with E-state index in [1.54, 1.807) is 19.5 Å². The number of hydrogen-bond donors (Lipinski definition) is 1. The van der Waals surface area contributed by atoms with Crippen LogP contribution in [0.1, 0.15) is 24.5 Å². The predicted octanol–water partition coefficient (Wildman–Crippen LogP) is 1.53. The molecule has 1 atom stereocenters. The van der Waals surface area contributed by atoms with E-state index in [2.05, 4.69) is 4.98 Å². The maximum atomic E-state index is 9.86. The molecule has 13 heavy (non-hydrogen) atoms. The van der Waals surface area contributed by atoms with Crippen molar-refractivity contribution >= 4 is 0 Å². The molecule has 3 nitrogen and oxygen atoms in total. The van der Waals surface area contributed by atoms with Gasteiger partial charge in [-0.25, -0.2) is 0 Å². The number of aliphatic hydroxyl groups is 1. The molecule has 1 heterocycles. The first-order valence-corrected chi connectivity index (χ1v) is 4.49. The molecule has 1 aliphatic rings. The Hall–Kier alpha value is -1.09. The quantitative estimate of drug-likeness (QED) is 0.765. The molecule has 0 bridgehead atoms. The van der Waals surface area contributed by atoms with Gasteiger partial charge in [0.15, 0.2) is 0 Å². The Morgan fingerprint density at radius 1 is 1.62 bits per heavy atom. The van der Waals surface area contributed by atoms with E-state index in [9.17, 15) is 5.11 Å². The van der Waals surface area contributed by atoms with Gasteiger partial charge in [0.1, 0.15) is 5.75 Å². The van der Waals surface area contributed by atoms with Crippen LogP contribution in [-0.2, 0) is 0 Å². The average molecular weight is 179 g/mol. The van der Waals surface area contributed by atoms with E-state index in [0.29, 0.717) is 11.7 Å². The van der Waals surface area contributed by atoms with Gasteiger partial charge >= 0.3 is 0 Å². The summed E-state index contributed by atoms with van der Waals surface area (Å²) in [6.07, 6.45) is 5.18. The maximum Gasteiger partial charge on any atom is 0.142 e. The average Bonchev–Trinajstić information content (AvgIpc) is 3.00. The van der Waals surface area contributed by atoms with Crippen molar-refractivity contribution in [2.24, 2.45) is 5.92 Å². The molecular formula is C10H13NO2. The van der Waals surface area contributed by atoms with Crippen molar-refractivity contribution in [3.05, 3.63) is 24.0 Å². The Kier molecular flexibility index (Phi) is 2.19. The van der Waals surface area contributed by atoms with Gasteiger partial charge in [-0.05, 0) is 24.8 Å². The SMILES string of the molecule is COc1cnccc1C(O)C1CC1. The lowest BCUT2D eigenvalue weighted by atomic mass is 10.1. The number of rotatable bonds is 3. The summed E-state index contributed by atoms with van der Waals surface area (Å²) in [4.78, 5) is 3.94. The number of nitrogens with zero attached hydrogens (tertiary/aromatic N) is 1. The first-order valence-electron chi connectivity index (χ1n) is 4.49. The van der Waals surface area contributed by atoms with Crippen LogP contribution in [-0.4, -0.2) is 17.2 Å². The predicted molar refractivity (Wildman–Crippen MR) is 48.5 cm³/mol. The van der Waals surface area contributed by atoms with Gasteiger partial charge < -0.3 is 9.84 Å². The van der Waals surface area contributed by atoms with Crippen LogP contribution in [0.3, 0.4) is 0 Å². The Morgan fingerprint density at radius 2 is 2.38 bits per heavy atom. The fourth-order valence-electron chi connectivity index (χ4n) is 1.47. The van der Waals surface area contributed by atoms with Crippen molar-refractivity contribution in [1.29, 1.82) is 0 Å². The van der Waals surface area contributed by atoms with E-state index in [1.165, 1.54) is 0 Å². The standard InChI is InChI=1S/C10H13NO2/c1-13-9-6-11-5-4-8(9)10(12)7-2-3-7/h4-7,10,12H,2-3H2,1H3. The summed E-state index contributed by atoms with van der Waals surface area (Å²) in [6.45, 7) is 0. The summed E-state index contributed by atoms with van der Waals surface area (Å²) in [6, 6.07) is 1.82. The number of hydrogen-bond acceptors (Lipinski definition) is 3. The van der Waals surface area contributed by atoms with Crippen molar-refractivity contribution in [3.8, 4) is 5.75 Å². The fourth-order valence-corrected chi connectivity index (χ4v) is 1.47. The van der Waals surface area contributed by atoms with Crippen molar-refractivity contribution in [1.82, 2.24) is 4.98 Å². The van der Waals surface area contributed by atoms with E-state index in [4.69, 9.17) is 4.74 Å². The molecule has 0 spiro atoms. The Bertz CT molecular complexity index is 297. The fraction of sp³-hybridized carbons (Fsp3) is 0.500. The van der Waals surface area contributed by atoms with Crippen LogP contribution >= 0.6 is 0 Å². The minimum atomic E-state index is -0.377. The Labute approximate surface area is 77.4 Å². The van der Waals surface area contributed by atoms with Crippen LogP contribution in [0.5, 0.6) is 5.75 Å². The summed E-state index contributed by atoms with van der Waals surface area (Å²) in [5, 5.41) is 9.86. The molecule has 1 fully saturated rings. The number of methoxy groups -OCH3 is 1. The second-order valence-electron chi connectivity index (χ2n) is 3.40. The van der Waals surface area contributed by atoms with Crippen LogP contribution in [0.25, 0.3) is 0 Å². The third kappa shape index (κ3) is 1.65. The van der Waals surface area contributed by atoms with Crippen molar-refractivity contribution in [2.45, 2.75) is 18.9 Å². The van der Waals surface area contributed by atoms with Crippen LogP contribution in [0, 0.1) is 5.92 Å². The molecule has 0 aromatic carbocycles. The van der Waals surface area contributed by atoms with Gasteiger partial charge in [0.2, 0.25) is 0 Å². The first kappa shape index (κ1) is 8.51. The molecule has 1 aromatic heterocycles. The number of aliphatic hydroxyl groups excluding tert-OH is 1. The second-order valence-corrected chi connectivity index (χ2v) is 3.40. The highest BCUT2D eigenvalue weighted by Gasteiger charge is 2.32. The summed E-state index contributed by atoms with van der Waals surface area (Å²) in [7, 11) is 1.60. The van der Waals surface area contributed by atoms with Gasteiger partial charge in [0.25, 0.3) is 0 Å². The smallest absolute Gasteiger partial charge is 0.142 e. The molecule has 3 heteroatoms. The Morgan fingerprint density at radius 3 is 3.00 bits per heavy atom. The molecule has 0 saturated heterocycles. The maximum absolute atomic E-state index is 9.86. The van der Waals surface area contributed by atoms with Crippen LogP contribution < -0.4 is 4.74 Å². The summed E-state index contributed by atoms with van der Waals surface area (Å²) in [5.74, 6) is 1.11. The van der Waals surface area contributed by atoms with E-state index in [1.807, 2.05) is 6.07 Å². The van der Waals surface area contributed by atoms with Gasteiger partial charge in [0, 0.05) is 11.8 Å². The molecule has 1 aromatic rings. The van der Waals surface area contributed by atoms with Gasteiger partial charge in [-0.1, -0.05) is 0 Å². The zero-order chi connectivity index (χ0) is 9.26. The Balaban J connectivity index is 2.26. The van der Waals surface area contributed by atoms with E-state index in [-0.39, 0.29) is 6.10 Å². The molecule has 1 aliphatic carbocycles. The van der Waals surface area contributed by atoms with Gasteiger partial charge in [-0.3, -0.25) is 4.98 Å². The van der Waals surface area contributed by atoms with Crippen LogP contribution in [0.4, 0.5) is 0 Å². The molecule has 0 amide bonds. The highest BCUT2D eigenvalue weighted by atomic mass is 16.5. The highest BCUT2D eigenvalue weighted by Crippen LogP contribution is 2.42. The summed E-state index contributed by atoms with van der Waals surface area (Å²) < 4.78 is 5.12. The van der Waals surface area contributed by atoms with E-state index < -0.39 is 0 Å². The summed E-state index contributed by atoms with van der Waals surface area (Å²) >= 11 is 0. The molecule has 1 unspecified atom stereocenters. The zero-order valence-corrected chi connectivity index (χ0v) is 7.60. The monoisotopic (exact) mass is 179 g/mol. The number of ether oxygens (including phenoxy) is 1. The lowest BCUT2D eigenvalue weighted by Crippen LogP contribution is -2.02. The van der Waals surface area contributed by atoms with E-state index >= 15 is 0 Å². The molecule has 1 saturated carbocycles. The topological polar surface area (TPSA) is 42.4 Å². The summed E-state index contributed by atoms with van der Waals surface area (Å²) in [5.41, 5.74) is 0.861. The van der Waals surface area contributed by atoms with E-state index in [0.717, 1.165) is 18.4 Å². The lowest BCUT2D eigenvalue weighted by molar-refractivity contribution is 0.150.